The van der Waals surface area contributed by atoms with Gasteiger partial charge in [-0.2, -0.15) is 4.39 Å². The van der Waals surface area contributed by atoms with Crippen molar-refractivity contribution < 1.29 is 18.3 Å². The van der Waals surface area contributed by atoms with Crippen LogP contribution < -0.4 is 10.5 Å². The van der Waals surface area contributed by atoms with Gasteiger partial charge in [0.2, 0.25) is 0 Å². The molecule has 10 nitrogen and oxygen atoms in total. The van der Waals surface area contributed by atoms with Gasteiger partial charge < -0.3 is 29.1 Å². The van der Waals surface area contributed by atoms with Gasteiger partial charge in [-0.15, -0.1) is 0 Å². The van der Waals surface area contributed by atoms with Gasteiger partial charge in [-0.05, 0) is 37.0 Å². The zero-order valence-corrected chi connectivity index (χ0v) is 23.3. The summed E-state index contributed by atoms with van der Waals surface area (Å²) < 4.78 is 39.7. The molecule has 2 aliphatic rings. The highest BCUT2D eigenvalue weighted by Gasteiger charge is 2.30. The van der Waals surface area contributed by atoms with Crippen molar-refractivity contribution in [1.82, 2.24) is 33.6 Å². The second-order valence-corrected chi connectivity index (χ2v) is 11.3. The third-order valence-electron chi connectivity index (χ3n) is 8.13. The molecule has 1 unspecified atom stereocenters. The molecule has 5 aromatic rings. The number of hydrogen-bond donors (Lipinski definition) is 1. The summed E-state index contributed by atoms with van der Waals surface area (Å²) in [5.74, 6) is 1.49. The second-order valence-electron chi connectivity index (χ2n) is 11.3. The van der Waals surface area contributed by atoms with Gasteiger partial charge in [-0.25, -0.2) is 19.3 Å². The number of nitrogens with two attached hydrogens (primary N) is 1. The van der Waals surface area contributed by atoms with Crippen LogP contribution in [0.25, 0.3) is 33.6 Å². The molecule has 7 rings (SSSR count). The number of amides is 1. The molecular formula is C30H32F2N8O2. The lowest BCUT2D eigenvalue weighted by atomic mass is 10.0. The van der Waals surface area contributed by atoms with Crippen molar-refractivity contribution in [2.45, 2.75) is 44.8 Å². The molecule has 218 valence electrons. The Balaban J connectivity index is 1.28. The summed E-state index contributed by atoms with van der Waals surface area (Å²) in [7, 11) is 1.92. The minimum atomic E-state index is -1.56. The van der Waals surface area contributed by atoms with E-state index in [1.54, 1.807) is 40.3 Å². The summed E-state index contributed by atoms with van der Waals surface area (Å²) in [6, 6.07) is 8.78. The van der Waals surface area contributed by atoms with Gasteiger partial charge in [-0.3, -0.25) is 4.79 Å². The molecule has 0 bridgehead atoms. The topological polar surface area (TPSA) is 109 Å². The molecule has 2 atom stereocenters. The Bertz CT molecular complexity index is 1780. The Kier molecular flexibility index (Phi) is 6.64. The smallest absolute Gasteiger partial charge is 0.256 e. The van der Waals surface area contributed by atoms with Crippen molar-refractivity contribution in [2.24, 2.45) is 18.7 Å². The summed E-state index contributed by atoms with van der Waals surface area (Å²) in [4.78, 5) is 28.6. The maximum Gasteiger partial charge on any atom is 0.256 e. The Morgan fingerprint density at radius 1 is 1.19 bits per heavy atom. The van der Waals surface area contributed by atoms with Crippen LogP contribution in [0.4, 0.5) is 8.78 Å². The van der Waals surface area contributed by atoms with E-state index < -0.39 is 19.1 Å². The standard InChI is InChI=1S/C30H32F2N8O2/c1-37-28-23(12-21-22(35-28)7-9-39(30(21)41)15-20(33)13-31)36-29(37)24-11-19-3-2-4-25(27(19)40(24)14-18-5-6-18)42-26(32)16-38-10-8-34-17-38/h2-4,8,10-12,17-18,20,26H,5-7,9,13-16,33H2,1H3/t20-,26?/m1/s1. The molecule has 2 N–H and O–H groups in total. The van der Waals surface area contributed by atoms with Gasteiger partial charge in [0.25, 0.3) is 12.3 Å². The van der Waals surface area contributed by atoms with Crippen molar-refractivity contribution in [3.8, 4) is 17.3 Å². The lowest BCUT2D eigenvalue weighted by Crippen LogP contribution is -2.45. The Labute approximate surface area is 240 Å². The summed E-state index contributed by atoms with van der Waals surface area (Å²) in [5.41, 5.74) is 9.93. The van der Waals surface area contributed by atoms with E-state index >= 15 is 4.39 Å². The van der Waals surface area contributed by atoms with Crippen LogP contribution in [0.5, 0.6) is 5.75 Å². The Hall–Kier alpha value is -4.32. The van der Waals surface area contributed by atoms with E-state index in [4.69, 9.17) is 20.4 Å². The third kappa shape index (κ3) is 4.79. The van der Waals surface area contributed by atoms with Crippen LogP contribution in [0.1, 0.15) is 28.9 Å². The zero-order valence-electron chi connectivity index (χ0n) is 23.3. The number of para-hydroxylation sites is 1. The molecule has 4 aromatic heterocycles. The molecule has 0 saturated heterocycles. The van der Waals surface area contributed by atoms with Crippen LogP contribution in [0.3, 0.4) is 0 Å². The van der Waals surface area contributed by atoms with E-state index in [1.165, 1.54) is 0 Å². The molecule has 12 heteroatoms. The number of aromatic nitrogens is 6. The predicted octanol–water partition coefficient (Wildman–Crippen LogP) is 3.87. The first-order valence-corrected chi connectivity index (χ1v) is 14.3. The number of halogens is 2. The quantitative estimate of drug-likeness (QED) is 0.271. The number of hydrogen-bond acceptors (Lipinski definition) is 6. The van der Waals surface area contributed by atoms with Crippen molar-refractivity contribution in [3.63, 3.8) is 0 Å². The second kappa shape index (κ2) is 10.5. The fourth-order valence-electron chi connectivity index (χ4n) is 5.83. The number of imidazole rings is 2. The minimum absolute atomic E-state index is 0.0313. The highest BCUT2D eigenvalue weighted by atomic mass is 19.1. The minimum Gasteiger partial charge on any atom is -0.456 e. The van der Waals surface area contributed by atoms with E-state index in [1.807, 2.05) is 23.7 Å². The maximum atomic E-state index is 15.1. The molecule has 42 heavy (non-hydrogen) atoms. The average Bonchev–Trinajstić information content (AvgIpc) is 3.36. The van der Waals surface area contributed by atoms with Gasteiger partial charge in [0, 0.05) is 50.9 Å². The van der Waals surface area contributed by atoms with Crippen LogP contribution in [0, 0.1) is 5.92 Å². The van der Waals surface area contributed by atoms with Crippen molar-refractivity contribution in [1.29, 1.82) is 0 Å². The number of fused-ring (bicyclic) bond motifs is 3. The lowest BCUT2D eigenvalue weighted by molar-refractivity contribution is 0.0523. The van der Waals surface area contributed by atoms with Crippen LogP contribution in [0.15, 0.2) is 49.1 Å². The number of alkyl halides is 2. The third-order valence-corrected chi connectivity index (χ3v) is 8.13. The normalized spacial score (nSPS) is 16.8. The summed E-state index contributed by atoms with van der Waals surface area (Å²) >= 11 is 0. The number of rotatable bonds is 10. The number of carbonyl (C=O) groups excluding carboxylic acids is 1. The highest BCUT2D eigenvalue weighted by molar-refractivity contribution is 5.99. The van der Waals surface area contributed by atoms with E-state index in [0.29, 0.717) is 52.9 Å². The van der Waals surface area contributed by atoms with Crippen molar-refractivity contribution in [3.05, 3.63) is 60.3 Å². The molecule has 1 saturated carbocycles. The molecule has 1 aromatic carbocycles. The number of ether oxygens (including phenoxy) is 1. The Morgan fingerprint density at radius 2 is 2.05 bits per heavy atom. The van der Waals surface area contributed by atoms with Crippen LogP contribution >= 0.6 is 0 Å². The fraction of sp³-hybridized carbons (Fsp3) is 0.400. The van der Waals surface area contributed by atoms with Crippen LogP contribution in [-0.4, -0.2) is 71.6 Å². The predicted molar refractivity (Wildman–Crippen MR) is 153 cm³/mol. The van der Waals surface area contributed by atoms with E-state index in [-0.39, 0.29) is 19.0 Å². The van der Waals surface area contributed by atoms with Crippen molar-refractivity contribution in [2.75, 3.05) is 19.8 Å². The first-order chi connectivity index (χ1) is 20.4. The van der Waals surface area contributed by atoms with Crippen LogP contribution in [0.2, 0.25) is 0 Å². The molecular weight excluding hydrogens is 542 g/mol. The number of aryl methyl sites for hydroxylation is 1. The summed E-state index contributed by atoms with van der Waals surface area (Å²) in [6.45, 7) is 0.706. The van der Waals surface area contributed by atoms with E-state index in [9.17, 15) is 9.18 Å². The van der Waals surface area contributed by atoms with Crippen LogP contribution in [-0.2, 0) is 26.6 Å². The first-order valence-electron chi connectivity index (χ1n) is 14.3. The molecule has 5 heterocycles. The molecule has 1 aliphatic carbocycles. The first kappa shape index (κ1) is 26.6. The summed E-state index contributed by atoms with van der Waals surface area (Å²) in [5, 5.41) is 0.923. The average molecular weight is 575 g/mol. The highest BCUT2D eigenvalue weighted by Crippen LogP contribution is 2.39. The largest absolute Gasteiger partial charge is 0.456 e. The van der Waals surface area contributed by atoms with Gasteiger partial charge in [0.05, 0.1) is 41.4 Å². The number of carbonyl (C=O) groups is 1. The number of nitrogens with zero attached hydrogens (tertiary/aromatic N) is 7. The number of benzene rings is 1. The molecule has 1 fully saturated rings. The van der Waals surface area contributed by atoms with E-state index in [0.717, 1.165) is 36.0 Å². The molecule has 0 radical (unpaired) electrons. The van der Waals surface area contributed by atoms with Gasteiger partial charge in [0.15, 0.2) is 11.5 Å². The fourth-order valence-corrected chi connectivity index (χ4v) is 5.83. The maximum absolute atomic E-state index is 15.1. The van der Waals surface area contributed by atoms with Crippen molar-refractivity contribution >= 4 is 28.0 Å². The SMILES string of the molecule is Cn1c(-c2cc3cccc(OC(F)Cn4ccnc4)c3n2CC2CC2)nc2cc3c(nc21)CCN(C[C@H](N)CF)C3=O. The van der Waals surface area contributed by atoms with Gasteiger partial charge >= 0.3 is 0 Å². The van der Waals surface area contributed by atoms with E-state index in [2.05, 4.69) is 15.6 Å². The molecule has 1 aliphatic heterocycles. The summed E-state index contributed by atoms with van der Waals surface area (Å²) in [6.07, 6.45) is 6.14. The lowest BCUT2D eigenvalue weighted by Gasteiger charge is -2.29. The molecule has 1 amide bonds. The Morgan fingerprint density at radius 3 is 2.81 bits per heavy atom. The monoisotopic (exact) mass is 574 g/mol. The van der Waals surface area contributed by atoms with Gasteiger partial charge in [0.1, 0.15) is 17.9 Å². The van der Waals surface area contributed by atoms with Gasteiger partial charge in [-0.1, -0.05) is 12.1 Å². The number of pyridine rings is 1. The molecule has 0 spiro atoms. The zero-order chi connectivity index (χ0) is 29.0.